The molecule has 0 aliphatic heterocycles. The fourth-order valence-corrected chi connectivity index (χ4v) is 3.09. The Labute approximate surface area is 114 Å². The zero-order valence-corrected chi connectivity index (χ0v) is 11.7. The van der Waals surface area contributed by atoms with Crippen molar-refractivity contribution in [3.63, 3.8) is 0 Å². The molecule has 1 aliphatic rings. The van der Waals surface area contributed by atoms with Crippen molar-refractivity contribution in [2.45, 2.75) is 45.4 Å². The second-order valence-corrected chi connectivity index (χ2v) is 5.32. The molecule has 1 fully saturated rings. The number of hydrogen-bond acceptors (Lipinski definition) is 2. The van der Waals surface area contributed by atoms with Crippen LogP contribution >= 0.6 is 0 Å². The van der Waals surface area contributed by atoms with Gasteiger partial charge in [-0.2, -0.15) is 0 Å². The lowest BCUT2D eigenvalue weighted by Crippen LogP contribution is -2.19. The number of aryl methyl sites for hydroxylation is 1. The van der Waals surface area contributed by atoms with Crippen LogP contribution in [-0.4, -0.2) is 17.7 Å². The minimum Gasteiger partial charge on any atom is -0.494 e. The molecule has 0 heterocycles. The van der Waals surface area contributed by atoms with Gasteiger partial charge in [-0.3, -0.25) is 4.79 Å². The van der Waals surface area contributed by atoms with Crippen molar-refractivity contribution in [1.29, 1.82) is 0 Å². The normalized spacial score (nSPS) is 17.4. The molecule has 1 aromatic rings. The maximum atomic E-state index is 11.6. The van der Waals surface area contributed by atoms with E-state index in [9.17, 15) is 9.90 Å². The quantitative estimate of drug-likeness (QED) is 0.879. The highest BCUT2D eigenvalue weighted by atomic mass is 16.5. The van der Waals surface area contributed by atoms with Gasteiger partial charge in [0.05, 0.1) is 12.5 Å². The van der Waals surface area contributed by atoms with E-state index in [1.54, 1.807) is 0 Å². The van der Waals surface area contributed by atoms with Gasteiger partial charge in [0.25, 0.3) is 0 Å². The molecule has 0 bridgehead atoms. The molecule has 0 amide bonds. The average molecular weight is 262 g/mol. The van der Waals surface area contributed by atoms with E-state index in [1.807, 2.05) is 32.0 Å². The number of benzene rings is 1. The first-order valence-electron chi connectivity index (χ1n) is 7.09. The Balaban J connectivity index is 2.26. The molecular weight excluding hydrogens is 240 g/mol. The average Bonchev–Trinajstić information content (AvgIpc) is 2.86. The van der Waals surface area contributed by atoms with E-state index in [0.29, 0.717) is 6.61 Å². The number of carboxylic acids is 1. The third-order valence-electron chi connectivity index (χ3n) is 4.00. The topological polar surface area (TPSA) is 46.5 Å². The largest absolute Gasteiger partial charge is 0.494 e. The highest BCUT2D eigenvalue weighted by Crippen LogP contribution is 2.38. The summed E-state index contributed by atoms with van der Waals surface area (Å²) in [7, 11) is 0. The molecule has 2 rings (SSSR count). The van der Waals surface area contributed by atoms with E-state index in [-0.39, 0.29) is 11.8 Å². The molecule has 3 nitrogen and oxygen atoms in total. The van der Waals surface area contributed by atoms with Crippen molar-refractivity contribution in [3.05, 3.63) is 29.3 Å². The lowest BCUT2D eigenvalue weighted by atomic mass is 9.84. The van der Waals surface area contributed by atoms with Gasteiger partial charge in [-0.05, 0) is 49.8 Å². The zero-order valence-electron chi connectivity index (χ0n) is 11.7. The van der Waals surface area contributed by atoms with Crippen LogP contribution in [0.1, 0.15) is 49.7 Å². The lowest BCUT2D eigenvalue weighted by molar-refractivity contribution is -0.140. The van der Waals surface area contributed by atoms with Crippen LogP contribution in [0.5, 0.6) is 5.75 Å². The van der Waals surface area contributed by atoms with E-state index >= 15 is 0 Å². The number of carbonyl (C=O) groups is 1. The Kier molecular flexibility index (Phi) is 4.46. The summed E-state index contributed by atoms with van der Waals surface area (Å²) in [5.41, 5.74) is 1.93. The van der Waals surface area contributed by atoms with E-state index < -0.39 is 5.97 Å². The van der Waals surface area contributed by atoms with Crippen LogP contribution in [0.4, 0.5) is 0 Å². The van der Waals surface area contributed by atoms with Crippen LogP contribution in [0, 0.1) is 12.8 Å². The summed E-state index contributed by atoms with van der Waals surface area (Å²) in [5, 5.41) is 9.52. The van der Waals surface area contributed by atoms with Gasteiger partial charge in [0.1, 0.15) is 5.75 Å². The van der Waals surface area contributed by atoms with Gasteiger partial charge in [-0.15, -0.1) is 0 Å². The van der Waals surface area contributed by atoms with Crippen molar-refractivity contribution in [1.82, 2.24) is 0 Å². The van der Waals surface area contributed by atoms with Gasteiger partial charge in [-0.1, -0.05) is 25.0 Å². The Hall–Kier alpha value is -1.51. The zero-order chi connectivity index (χ0) is 13.8. The molecule has 1 atom stereocenters. The SMILES string of the molecule is CCOc1ccc(C(C(=O)O)C2CCCC2)cc1C. The van der Waals surface area contributed by atoms with Crippen molar-refractivity contribution < 1.29 is 14.6 Å². The molecule has 1 aliphatic carbocycles. The van der Waals surface area contributed by atoms with Crippen LogP contribution in [-0.2, 0) is 4.79 Å². The molecule has 3 heteroatoms. The van der Waals surface area contributed by atoms with Gasteiger partial charge in [0.15, 0.2) is 0 Å². The molecule has 19 heavy (non-hydrogen) atoms. The molecule has 104 valence electrons. The van der Waals surface area contributed by atoms with E-state index in [0.717, 1.165) is 42.6 Å². The van der Waals surface area contributed by atoms with Crippen LogP contribution in [0.25, 0.3) is 0 Å². The third kappa shape index (κ3) is 3.09. The number of ether oxygens (including phenoxy) is 1. The number of carboxylic acid groups (broad SMARTS) is 1. The van der Waals surface area contributed by atoms with Crippen molar-refractivity contribution in [2.75, 3.05) is 6.61 Å². The van der Waals surface area contributed by atoms with E-state index in [2.05, 4.69) is 0 Å². The molecule has 1 unspecified atom stereocenters. The van der Waals surface area contributed by atoms with Gasteiger partial charge in [0.2, 0.25) is 0 Å². The third-order valence-corrected chi connectivity index (χ3v) is 4.00. The molecule has 0 saturated heterocycles. The Morgan fingerprint density at radius 3 is 2.63 bits per heavy atom. The number of aliphatic carboxylic acids is 1. The fourth-order valence-electron chi connectivity index (χ4n) is 3.09. The summed E-state index contributed by atoms with van der Waals surface area (Å²) in [6.45, 7) is 4.55. The minimum atomic E-state index is -0.699. The maximum Gasteiger partial charge on any atom is 0.311 e. The Bertz CT molecular complexity index is 447. The summed E-state index contributed by atoms with van der Waals surface area (Å²) in [4.78, 5) is 11.6. The molecule has 1 saturated carbocycles. The first kappa shape index (κ1) is 13.9. The van der Waals surface area contributed by atoms with Crippen molar-refractivity contribution >= 4 is 5.97 Å². The number of rotatable bonds is 5. The Morgan fingerprint density at radius 2 is 2.11 bits per heavy atom. The number of hydrogen-bond donors (Lipinski definition) is 1. The monoisotopic (exact) mass is 262 g/mol. The van der Waals surface area contributed by atoms with E-state index in [4.69, 9.17) is 4.74 Å². The van der Waals surface area contributed by atoms with Gasteiger partial charge in [-0.25, -0.2) is 0 Å². The van der Waals surface area contributed by atoms with Gasteiger partial charge in [0, 0.05) is 0 Å². The van der Waals surface area contributed by atoms with E-state index in [1.165, 1.54) is 0 Å². The first-order chi connectivity index (χ1) is 9.13. The summed E-state index contributed by atoms with van der Waals surface area (Å²) in [5.74, 6) is 0.0731. The summed E-state index contributed by atoms with van der Waals surface area (Å²) in [6, 6.07) is 5.79. The highest BCUT2D eigenvalue weighted by Gasteiger charge is 2.32. The standard InChI is InChI=1S/C16H22O3/c1-3-19-14-9-8-13(10-11(14)2)15(16(17)18)12-6-4-5-7-12/h8-10,12,15H,3-7H2,1-2H3,(H,17,18). The predicted octanol–water partition coefficient (Wildman–Crippen LogP) is 3.75. The van der Waals surface area contributed by atoms with Crippen molar-refractivity contribution in [2.24, 2.45) is 5.92 Å². The first-order valence-corrected chi connectivity index (χ1v) is 7.09. The van der Waals surface area contributed by atoms with Gasteiger partial charge < -0.3 is 9.84 Å². The second-order valence-electron chi connectivity index (χ2n) is 5.32. The summed E-state index contributed by atoms with van der Waals surface area (Å²) >= 11 is 0. The molecular formula is C16H22O3. The molecule has 0 radical (unpaired) electrons. The van der Waals surface area contributed by atoms with Gasteiger partial charge >= 0.3 is 5.97 Å². The molecule has 1 aromatic carbocycles. The smallest absolute Gasteiger partial charge is 0.311 e. The van der Waals surface area contributed by atoms with Crippen LogP contribution < -0.4 is 4.74 Å². The fraction of sp³-hybridized carbons (Fsp3) is 0.562. The minimum absolute atomic E-state index is 0.287. The maximum absolute atomic E-state index is 11.6. The van der Waals surface area contributed by atoms with Crippen molar-refractivity contribution in [3.8, 4) is 5.75 Å². The summed E-state index contributed by atoms with van der Waals surface area (Å²) < 4.78 is 5.51. The molecule has 1 N–H and O–H groups in total. The van der Waals surface area contributed by atoms with Crippen LogP contribution in [0.2, 0.25) is 0 Å². The predicted molar refractivity (Wildman–Crippen MR) is 74.7 cm³/mol. The van der Waals surface area contributed by atoms with Crippen LogP contribution in [0.15, 0.2) is 18.2 Å². The molecule has 0 aromatic heterocycles. The Morgan fingerprint density at radius 1 is 1.42 bits per heavy atom. The summed E-state index contributed by atoms with van der Waals surface area (Å²) in [6.07, 6.45) is 4.38. The second kappa shape index (κ2) is 6.09. The lowest BCUT2D eigenvalue weighted by Gasteiger charge is -2.20. The van der Waals surface area contributed by atoms with Crippen LogP contribution in [0.3, 0.4) is 0 Å². The molecule has 0 spiro atoms. The highest BCUT2D eigenvalue weighted by molar-refractivity contribution is 5.76.